The fourth-order valence-corrected chi connectivity index (χ4v) is 2.29. The van der Waals surface area contributed by atoms with Crippen LogP contribution >= 0.6 is 35.4 Å². The molecule has 16 heavy (non-hydrogen) atoms. The molecule has 2 nitrogen and oxygen atoms in total. The minimum atomic E-state index is 0.610. The van der Waals surface area contributed by atoms with Crippen molar-refractivity contribution in [3.63, 3.8) is 0 Å². The van der Waals surface area contributed by atoms with Crippen LogP contribution in [0.1, 0.15) is 11.3 Å². The number of aryl methyl sites for hydroxylation is 2. The smallest absolute Gasteiger partial charge is 0.182 e. The number of H-pyrrole nitrogens is 1. The Bertz CT molecular complexity index is 599. The molecule has 5 heteroatoms. The van der Waals surface area contributed by atoms with Crippen LogP contribution in [0.2, 0.25) is 10.0 Å². The maximum atomic E-state index is 6.18. The standard InChI is InChI=1S/C11H10Cl2N2S/c1-6-3-9(13)10(4-8(6)12)15-5-7(2)14-11(15)16/h3-5H,1-2H3,(H,14,16). The van der Waals surface area contributed by atoms with Gasteiger partial charge in [-0.05, 0) is 43.8 Å². The predicted molar refractivity (Wildman–Crippen MR) is 70.4 cm³/mol. The number of nitrogens with zero attached hydrogens (tertiary/aromatic N) is 1. The molecule has 0 radical (unpaired) electrons. The Morgan fingerprint density at radius 2 is 1.88 bits per heavy atom. The molecule has 0 bridgehead atoms. The van der Waals surface area contributed by atoms with E-state index in [1.807, 2.05) is 36.7 Å². The number of benzene rings is 1. The van der Waals surface area contributed by atoms with E-state index in [0.29, 0.717) is 14.8 Å². The molecule has 0 amide bonds. The highest BCUT2D eigenvalue weighted by atomic mass is 35.5. The summed E-state index contributed by atoms with van der Waals surface area (Å²) >= 11 is 17.5. The van der Waals surface area contributed by atoms with Crippen molar-refractivity contribution >= 4 is 35.4 Å². The molecule has 0 spiro atoms. The molecule has 1 heterocycles. The number of rotatable bonds is 1. The van der Waals surface area contributed by atoms with Crippen molar-refractivity contribution in [3.8, 4) is 5.69 Å². The van der Waals surface area contributed by atoms with Gasteiger partial charge >= 0.3 is 0 Å². The molecular weight excluding hydrogens is 263 g/mol. The van der Waals surface area contributed by atoms with Gasteiger partial charge in [0.05, 0.1) is 10.7 Å². The van der Waals surface area contributed by atoms with Gasteiger partial charge in [-0.25, -0.2) is 0 Å². The summed E-state index contributed by atoms with van der Waals surface area (Å²) in [7, 11) is 0. The first-order valence-corrected chi connectivity index (χ1v) is 5.90. The second-order valence-corrected chi connectivity index (χ2v) is 4.87. The van der Waals surface area contributed by atoms with Crippen molar-refractivity contribution in [2.24, 2.45) is 0 Å². The van der Waals surface area contributed by atoms with Gasteiger partial charge in [0.1, 0.15) is 0 Å². The molecule has 1 N–H and O–H groups in total. The molecule has 0 fully saturated rings. The van der Waals surface area contributed by atoms with E-state index in [9.17, 15) is 0 Å². The lowest BCUT2D eigenvalue weighted by Crippen LogP contribution is -1.94. The highest BCUT2D eigenvalue weighted by molar-refractivity contribution is 7.71. The van der Waals surface area contributed by atoms with E-state index in [1.54, 1.807) is 0 Å². The van der Waals surface area contributed by atoms with Crippen LogP contribution in [0.25, 0.3) is 5.69 Å². The normalized spacial score (nSPS) is 10.8. The molecule has 1 aromatic heterocycles. The summed E-state index contributed by atoms with van der Waals surface area (Å²) in [6.45, 7) is 3.86. The van der Waals surface area contributed by atoms with Crippen LogP contribution in [-0.2, 0) is 0 Å². The Hall–Kier alpha value is -0.770. The topological polar surface area (TPSA) is 20.7 Å². The maximum absolute atomic E-state index is 6.18. The van der Waals surface area contributed by atoms with E-state index in [1.165, 1.54) is 0 Å². The number of aromatic nitrogens is 2. The van der Waals surface area contributed by atoms with E-state index in [0.717, 1.165) is 16.9 Å². The summed E-state index contributed by atoms with van der Waals surface area (Å²) in [5, 5.41) is 1.32. The summed E-state index contributed by atoms with van der Waals surface area (Å²) in [4.78, 5) is 3.04. The highest BCUT2D eigenvalue weighted by Gasteiger charge is 2.08. The minimum absolute atomic E-state index is 0.610. The van der Waals surface area contributed by atoms with E-state index < -0.39 is 0 Å². The fraction of sp³-hybridized carbons (Fsp3) is 0.182. The van der Waals surface area contributed by atoms with Crippen molar-refractivity contribution in [3.05, 3.63) is 44.4 Å². The molecule has 0 aliphatic heterocycles. The summed E-state index contributed by atoms with van der Waals surface area (Å²) in [5.41, 5.74) is 2.73. The van der Waals surface area contributed by atoms with Crippen LogP contribution < -0.4 is 0 Å². The number of imidazole rings is 1. The maximum Gasteiger partial charge on any atom is 0.182 e. The monoisotopic (exact) mass is 272 g/mol. The summed E-state index contributed by atoms with van der Waals surface area (Å²) < 4.78 is 2.43. The first-order chi connectivity index (χ1) is 7.49. The van der Waals surface area contributed by atoms with Gasteiger partial charge < -0.3 is 4.98 Å². The van der Waals surface area contributed by atoms with Gasteiger partial charge in [0.25, 0.3) is 0 Å². The molecule has 84 valence electrons. The van der Waals surface area contributed by atoms with Crippen LogP contribution in [0.15, 0.2) is 18.3 Å². The second kappa shape index (κ2) is 4.24. The van der Waals surface area contributed by atoms with Crippen LogP contribution in [0, 0.1) is 18.6 Å². The Morgan fingerprint density at radius 3 is 2.44 bits per heavy atom. The first-order valence-electron chi connectivity index (χ1n) is 4.73. The van der Waals surface area contributed by atoms with Crippen LogP contribution in [0.4, 0.5) is 0 Å². The zero-order chi connectivity index (χ0) is 11.9. The first kappa shape index (κ1) is 11.7. The number of halogens is 2. The Balaban J connectivity index is 2.69. The summed E-state index contributed by atoms with van der Waals surface area (Å²) in [5.74, 6) is 0. The van der Waals surface area contributed by atoms with Crippen molar-refractivity contribution in [2.75, 3.05) is 0 Å². The second-order valence-electron chi connectivity index (χ2n) is 3.67. The van der Waals surface area contributed by atoms with Gasteiger partial charge in [-0.3, -0.25) is 4.57 Å². The quantitative estimate of drug-likeness (QED) is 0.761. The SMILES string of the molecule is Cc1cn(-c2cc(Cl)c(C)cc2Cl)c(=S)[nH]1. The Morgan fingerprint density at radius 1 is 1.19 bits per heavy atom. The zero-order valence-electron chi connectivity index (χ0n) is 8.84. The number of nitrogens with one attached hydrogen (secondary N) is 1. The fourth-order valence-electron chi connectivity index (χ4n) is 1.51. The lowest BCUT2D eigenvalue weighted by Gasteiger charge is -2.07. The molecule has 0 saturated heterocycles. The molecule has 0 saturated carbocycles. The van der Waals surface area contributed by atoms with Crippen molar-refractivity contribution in [1.82, 2.24) is 9.55 Å². The van der Waals surface area contributed by atoms with Crippen molar-refractivity contribution in [1.29, 1.82) is 0 Å². The molecule has 0 aliphatic carbocycles. The van der Waals surface area contributed by atoms with Crippen molar-refractivity contribution in [2.45, 2.75) is 13.8 Å². The minimum Gasteiger partial charge on any atom is -0.335 e. The zero-order valence-corrected chi connectivity index (χ0v) is 11.2. The van der Waals surface area contributed by atoms with Gasteiger partial charge in [0.15, 0.2) is 4.77 Å². The number of hydrogen-bond acceptors (Lipinski definition) is 1. The lowest BCUT2D eigenvalue weighted by molar-refractivity contribution is 1.03. The average Bonchev–Trinajstić information content (AvgIpc) is 2.51. The Labute approximate surface area is 109 Å². The summed E-state index contributed by atoms with van der Waals surface area (Å²) in [6.07, 6.45) is 1.90. The number of aromatic amines is 1. The van der Waals surface area contributed by atoms with E-state index in [-0.39, 0.29) is 0 Å². The van der Waals surface area contributed by atoms with Crippen LogP contribution in [0.5, 0.6) is 0 Å². The molecule has 2 rings (SSSR count). The van der Waals surface area contributed by atoms with Gasteiger partial charge in [-0.15, -0.1) is 0 Å². The van der Waals surface area contributed by atoms with E-state index in [4.69, 9.17) is 35.4 Å². The summed E-state index contributed by atoms with van der Waals surface area (Å²) in [6, 6.07) is 3.66. The highest BCUT2D eigenvalue weighted by Crippen LogP contribution is 2.28. The van der Waals surface area contributed by atoms with Gasteiger partial charge in [0.2, 0.25) is 0 Å². The Kier molecular flexibility index (Phi) is 3.10. The lowest BCUT2D eigenvalue weighted by atomic mass is 10.2. The van der Waals surface area contributed by atoms with E-state index in [2.05, 4.69) is 4.98 Å². The predicted octanol–water partition coefficient (Wildman–Crippen LogP) is 4.46. The molecule has 0 aliphatic rings. The molecule has 1 aromatic carbocycles. The third-order valence-electron chi connectivity index (χ3n) is 2.33. The average molecular weight is 273 g/mol. The number of hydrogen-bond donors (Lipinski definition) is 1. The van der Waals surface area contributed by atoms with Crippen LogP contribution in [0.3, 0.4) is 0 Å². The third-order valence-corrected chi connectivity index (χ3v) is 3.34. The molecule has 0 atom stereocenters. The largest absolute Gasteiger partial charge is 0.335 e. The van der Waals surface area contributed by atoms with Gasteiger partial charge in [0, 0.05) is 16.9 Å². The van der Waals surface area contributed by atoms with Crippen molar-refractivity contribution < 1.29 is 0 Å². The molecular formula is C11H10Cl2N2S. The third kappa shape index (κ3) is 2.03. The molecule has 2 aromatic rings. The van der Waals surface area contributed by atoms with Gasteiger partial charge in [-0.2, -0.15) is 0 Å². The van der Waals surface area contributed by atoms with Crippen LogP contribution in [-0.4, -0.2) is 9.55 Å². The van der Waals surface area contributed by atoms with Gasteiger partial charge in [-0.1, -0.05) is 23.2 Å². The van der Waals surface area contributed by atoms with E-state index >= 15 is 0 Å². The molecule has 0 unspecified atom stereocenters.